The summed E-state index contributed by atoms with van der Waals surface area (Å²) < 4.78 is 0. The van der Waals surface area contributed by atoms with Gasteiger partial charge in [0.2, 0.25) is 5.91 Å². The molecule has 0 saturated carbocycles. The molecule has 1 aromatic rings. The maximum absolute atomic E-state index is 10.7. The van der Waals surface area contributed by atoms with E-state index in [0.717, 1.165) is 12.1 Å². The highest BCUT2D eigenvalue weighted by molar-refractivity contribution is 5.87. The molecular weight excluding hydrogens is 166 g/mol. The van der Waals surface area contributed by atoms with Crippen molar-refractivity contribution in [2.75, 3.05) is 5.32 Å². The van der Waals surface area contributed by atoms with Gasteiger partial charge < -0.3 is 5.32 Å². The fourth-order valence-corrected chi connectivity index (χ4v) is 1.05. The molecule has 1 amide bonds. The number of nitrogens with one attached hydrogen (secondary N) is 2. The number of nitrogens with zero attached hydrogens (tertiary/aromatic N) is 1. The molecule has 0 aromatic carbocycles. The van der Waals surface area contributed by atoms with Crippen molar-refractivity contribution in [1.29, 1.82) is 0 Å². The van der Waals surface area contributed by atoms with Crippen LogP contribution in [0.2, 0.25) is 0 Å². The highest BCUT2D eigenvalue weighted by Gasteiger charge is 2.07. The van der Waals surface area contributed by atoms with Gasteiger partial charge in [0.15, 0.2) is 5.82 Å². The standard InChI is InChI=1S/C9H15N3O/c1-4-6(2)8-5-9(12-11-8)10-7(3)13/h5-6H,4H2,1-3H3,(H2,10,11,12,13). The molecule has 1 rings (SSSR count). The van der Waals surface area contributed by atoms with Crippen LogP contribution in [0.3, 0.4) is 0 Å². The molecule has 1 atom stereocenters. The van der Waals surface area contributed by atoms with Crippen LogP contribution in [0.25, 0.3) is 0 Å². The summed E-state index contributed by atoms with van der Waals surface area (Å²) in [7, 11) is 0. The lowest BCUT2D eigenvalue weighted by Gasteiger charge is -2.02. The second kappa shape index (κ2) is 4.07. The molecule has 0 aliphatic rings. The number of anilines is 1. The lowest BCUT2D eigenvalue weighted by molar-refractivity contribution is -0.114. The number of carbonyl (C=O) groups excluding carboxylic acids is 1. The SMILES string of the molecule is CCC(C)c1cc(NC(C)=O)n[nH]1. The van der Waals surface area contributed by atoms with Crippen molar-refractivity contribution < 1.29 is 4.79 Å². The first kappa shape index (κ1) is 9.77. The summed E-state index contributed by atoms with van der Waals surface area (Å²) in [4.78, 5) is 10.7. The van der Waals surface area contributed by atoms with Crippen LogP contribution in [0.15, 0.2) is 6.07 Å². The van der Waals surface area contributed by atoms with E-state index in [1.165, 1.54) is 6.92 Å². The van der Waals surface area contributed by atoms with Crippen LogP contribution < -0.4 is 5.32 Å². The lowest BCUT2D eigenvalue weighted by Crippen LogP contribution is -2.05. The molecule has 4 nitrogen and oxygen atoms in total. The van der Waals surface area contributed by atoms with Gasteiger partial charge in [0.25, 0.3) is 0 Å². The first-order valence-electron chi connectivity index (χ1n) is 4.46. The van der Waals surface area contributed by atoms with Gasteiger partial charge in [0.1, 0.15) is 0 Å². The highest BCUT2D eigenvalue weighted by atomic mass is 16.1. The molecule has 0 aliphatic carbocycles. The molecule has 0 fully saturated rings. The predicted molar refractivity (Wildman–Crippen MR) is 51.6 cm³/mol. The number of aromatic amines is 1. The predicted octanol–water partition coefficient (Wildman–Crippen LogP) is 1.88. The molecular formula is C9H15N3O. The van der Waals surface area contributed by atoms with Crippen molar-refractivity contribution in [3.05, 3.63) is 11.8 Å². The van der Waals surface area contributed by atoms with Gasteiger partial charge in [-0.2, -0.15) is 5.10 Å². The van der Waals surface area contributed by atoms with Crippen molar-refractivity contribution in [1.82, 2.24) is 10.2 Å². The van der Waals surface area contributed by atoms with E-state index in [-0.39, 0.29) is 5.91 Å². The normalized spacial score (nSPS) is 12.5. The van der Waals surface area contributed by atoms with Crippen LogP contribution in [-0.4, -0.2) is 16.1 Å². The lowest BCUT2D eigenvalue weighted by atomic mass is 10.1. The zero-order valence-corrected chi connectivity index (χ0v) is 8.22. The Morgan fingerprint density at radius 3 is 3.00 bits per heavy atom. The molecule has 0 saturated heterocycles. The molecule has 0 radical (unpaired) electrons. The van der Waals surface area contributed by atoms with E-state index < -0.39 is 0 Å². The van der Waals surface area contributed by atoms with E-state index >= 15 is 0 Å². The van der Waals surface area contributed by atoms with E-state index in [0.29, 0.717) is 11.7 Å². The van der Waals surface area contributed by atoms with Gasteiger partial charge in [-0.15, -0.1) is 0 Å². The number of H-pyrrole nitrogens is 1. The molecule has 0 aliphatic heterocycles. The Morgan fingerprint density at radius 1 is 1.77 bits per heavy atom. The summed E-state index contributed by atoms with van der Waals surface area (Å²) in [5.41, 5.74) is 1.06. The number of aromatic nitrogens is 2. The topological polar surface area (TPSA) is 57.8 Å². The van der Waals surface area contributed by atoms with Crippen molar-refractivity contribution in [3.8, 4) is 0 Å². The molecule has 0 bridgehead atoms. The van der Waals surface area contributed by atoms with Gasteiger partial charge in [-0.3, -0.25) is 9.89 Å². The Kier molecular flexibility index (Phi) is 3.06. The third-order valence-electron chi connectivity index (χ3n) is 2.05. The largest absolute Gasteiger partial charge is 0.309 e. The summed E-state index contributed by atoms with van der Waals surface area (Å²) in [6, 6.07) is 1.87. The molecule has 4 heteroatoms. The third-order valence-corrected chi connectivity index (χ3v) is 2.05. The average molecular weight is 181 g/mol. The fraction of sp³-hybridized carbons (Fsp3) is 0.556. The molecule has 2 N–H and O–H groups in total. The summed E-state index contributed by atoms with van der Waals surface area (Å²) in [5, 5.41) is 9.49. The van der Waals surface area contributed by atoms with Crippen LogP contribution in [0.5, 0.6) is 0 Å². The van der Waals surface area contributed by atoms with Crippen LogP contribution in [0.4, 0.5) is 5.82 Å². The maximum Gasteiger partial charge on any atom is 0.222 e. The minimum absolute atomic E-state index is 0.0952. The Labute approximate surface area is 77.7 Å². The number of hydrogen-bond acceptors (Lipinski definition) is 2. The summed E-state index contributed by atoms with van der Waals surface area (Å²) in [6.45, 7) is 5.70. The van der Waals surface area contributed by atoms with Gasteiger partial charge in [0, 0.05) is 18.7 Å². The van der Waals surface area contributed by atoms with Crippen molar-refractivity contribution in [2.45, 2.75) is 33.1 Å². The maximum atomic E-state index is 10.7. The zero-order valence-electron chi connectivity index (χ0n) is 8.22. The quantitative estimate of drug-likeness (QED) is 0.748. The number of hydrogen-bond donors (Lipinski definition) is 2. The van der Waals surface area contributed by atoms with Crippen molar-refractivity contribution >= 4 is 11.7 Å². The Bertz CT molecular complexity index is 293. The van der Waals surface area contributed by atoms with Crippen LogP contribution in [-0.2, 0) is 4.79 Å². The smallest absolute Gasteiger partial charge is 0.222 e. The first-order chi connectivity index (χ1) is 6.13. The number of carbonyl (C=O) groups is 1. The van der Waals surface area contributed by atoms with Crippen molar-refractivity contribution in [2.24, 2.45) is 0 Å². The molecule has 72 valence electrons. The van der Waals surface area contributed by atoms with Gasteiger partial charge in [-0.1, -0.05) is 13.8 Å². The summed E-state index contributed by atoms with van der Waals surface area (Å²) in [5.74, 6) is 0.958. The van der Waals surface area contributed by atoms with Gasteiger partial charge in [-0.25, -0.2) is 0 Å². The summed E-state index contributed by atoms with van der Waals surface area (Å²) >= 11 is 0. The van der Waals surface area contributed by atoms with Crippen LogP contribution in [0.1, 0.15) is 38.8 Å². The minimum Gasteiger partial charge on any atom is -0.309 e. The number of rotatable bonds is 3. The summed E-state index contributed by atoms with van der Waals surface area (Å²) in [6.07, 6.45) is 1.06. The average Bonchev–Trinajstić information content (AvgIpc) is 2.50. The molecule has 13 heavy (non-hydrogen) atoms. The van der Waals surface area contributed by atoms with E-state index in [4.69, 9.17) is 0 Å². The molecule has 1 aromatic heterocycles. The van der Waals surface area contributed by atoms with E-state index in [9.17, 15) is 4.79 Å². The monoisotopic (exact) mass is 181 g/mol. The van der Waals surface area contributed by atoms with E-state index in [1.54, 1.807) is 0 Å². The van der Waals surface area contributed by atoms with E-state index in [2.05, 4.69) is 29.4 Å². The second-order valence-corrected chi connectivity index (χ2v) is 3.20. The Hall–Kier alpha value is -1.32. The first-order valence-corrected chi connectivity index (χ1v) is 4.46. The van der Waals surface area contributed by atoms with E-state index in [1.807, 2.05) is 6.07 Å². The Morgan fingerprint density at radius 2 is 2.46 bits per heavy atom. The highest BCUT2D eigenvalue weighted by Crippen LogP contribution is 2.18. The van der Waals surface area contributed by atoms with Gasteiger partial charge >= 0.3 is 0 Å². The third kappa shape index (κ3) is 2.57. The minimum atomic E-state index is -0.0952. The molecule has 0 spiro atoms. The van der Waals surface area contributed by atoms with Crippen LogP contribution in [0, 0.1) is 0 Å². The number of amides is 1. The Balaban J connectivity index is 2.68. The fourth-order valence-electron chi connectivity index (χ4n) is 1.05. The molecule has 1 heterocycles. The molecule has 1 unspecified atom stereocenters. The zero-order chi connectivity index (χ0) is 9.84. The van der Waals surface area contributed by atoms with Crippen LogP contribution >= 0.6 is 0 Å². The van der Waals surface area contributed by atoms with Gasteiger partial charge in [0.05, 0.1) is 0 Å². The van der Waals surface area contributed by atoms with Crippen molar-refractivity contribution in [3.63, 3.8) is 0 Å². The second-order valence-electron chi connectivity index (χ2n) is 3.20. The van der Waals surface area contributed by atoms with Gasteiger partial charge in [-0.05, 0) is 12.3 Å².